The Balaban J connectivity index is 1.46. The van der Waals surface area contributed by atoms with E-state index in [1.165, 1.54) is 5.39 Å². The number of benzene rings is 3. The smallest absolute Gasteiger partial charge is 0.248 e. The molecular formula is C26H28N2O2. The van der Waals surface area contributed by atoms with E-state index in [-0.39, 0.29) is 18.1 Å². The lowest BCUT2D eigenvalue weighted by Crippen LogP contribution is -2.44. The number of amides is 1. The van der Waals surface area contributed by atoms with Gasteiger partial charge in [0, 0.05) is 31.4 Å². The number of hydrogen-bond donors (Lipinski definition) is 1. The second-order valence-corrected chi connectivity index (χ2v) is 8.00. The Bertz CT molecular complexity index is 1040. The summed E-state index contributed by atoms with van der Waals surface area (Å²) in [6, 6.07) is 22.3. The van der Waals surface area contributed by atoms with Crippen molar-refractivity contribution in [1.29, 1.82) is 0 Å². The van der Waals surface area contributed by atoms with Crippen molar-refractivity contribution >= 4 is 28.4 Å². The van der Waals surface area contributed by atoms with Crippen LogP contribution >= 0.6 is 0 Å². The summed E-state index contributed by atoms with van der Waals surface area (Å²) in [6.07, 6.45) is 3.93. The highest BCUT2D eigenvalue weighted by molar-refractivity contribution is 6.03. The van der Waals surface area contributed by atoms with Gasteiger partial charge >= 0.3 is 0 Å². The molecule has 1 saturated heterocycles. The van der Waals surface area contributed by atoms with E-state index in [1.807, 2.05) is 48.5 Å². The molecule has 154 valence electrons. The van der Waals surface area contributed by atoms with Gasteiger partial charge in [-0.2, -0.15) is 0 Å². The molecule has 0 aliphatic carbocycles. The maximum atomic E-state index is 12.6. The van der Waals surface area contributed by atoms with E-state index in [1.54, 1.807) is 6.08 Å². The van der Waals surface area contributed by atoms with Crippen LogP contribution < -0.4 is 5.32 Å². The highest BCUT2D eigenvalue weighted by atomic mass is 16.5. The summed E-state index contributed by atoms with van der Waals surface area (Å²) in [5.74, 6) is -0.126. The summed E-state index contributed by atoms with van der Waals surface area (Å²) < 4.78 is 5.83. The highest BCUT2D eigenvalue weighted by Crippen LogP contribution is 2.22. The predicted molar refractivity (Wildman–Crippen MR) is 123 cm³/mol. The molecule has 0 aromatic heterocycles. The van der Waals surface area contributed by atoms with Crippen molar-refractivity contribution < 1.29 is 9.53 Å². The SMILES string of the molecule is CC1CN(Cc2ccccc2NC(=O)C=Cc2cccc3ccccc23)CC(C)O1. The Kier molecular flexibility index (Phi) is 6.26. The number of nitrogens with zero attached hydrogens (tertiary/aromatic N) is 1. The first kappa shape index (κ1) is 20.3. The average Bonchev–Trinajstić information content (AvgIpc) is 2.73. The fourth-order valence-electron chi connectivity index (χ4n) is 4.17. The van der Waals surface area contributed by atoms with Gasteiger partial charge in [0.25, 0.3) is 0 Å². The number of nitrogens with one attached hydrogen (secondary N) is 1. The molecule has 4 rings (SSSR count). The number of hydrogen-bond acceptors (Lipinski definition) is 3. The number of anilines is 1. The van der Waals surface area contributed by atoms with Crippen LogP contribution in [-0.2, 0) is 16.1 Å². The van der Waals surface area contributed by atoms with Gasteiger partial charge in [0.05, 0.1) is 12.2 Å². The number of carbonyl (C=O) groups is 1. The van der Waals surface area contributed by atoms with Crippen LogP contribution in [0.25, 0.3) is 16.8 Å². The summed E-state index contributed by atoms with van der Waals surface area (Å²) in [5, 5.41) is 5.36. The molecule has 4 heteroatoms. The number of morpholine rings is 1. The molecule has 1 fully saturated rings. The predicted octanol–water partition coefficient (Wildman–Crippen LogP) is 5.10. The molecule has 0 bridgehead atoms. The third-order valence-electron chi connectivity index (χ3n) is 5.40. The zero-order valence-electron chi connectivity index (χ0n) is 17.5. The lowest BCUT2D eigenvalue weighted by Gasteiger charge is -2.35. The number of para-hydroxylation sites is 1. The molecule has 0 spiro atoms. The van der Waals surface area contributed by atoms with Gasteiger partial charge in [-0.3, -0.25) is 9.69 Å². The van der Waals surface area contributed by atoms with Crippen molar-refractivity contribution in [2.75, 3.05) is 18.4 Å². The molecule has 1 heterocycles. The van der Waals surface area contributed by atoms with Crippen LogP contribution in [0.1, 0.15) is 25.0 Å². The molecule has 2 unspecified atom stereocenters. The molecule has 3 aromatic carbocycles. The Hall–Kier alpha value is -2.95. The van der Waals surface area contributed by atoms with Crippen LogP contribution in [0, 0.1) is 0 Å². The van der Waals surface area contributed by atoms with E-state index >= 15 is 0 Å². The summed E-state index contributed by atoms with van der Waals surface area (Å²) in [5.41, 5.74) is 3.01. The zero-order valence-corrected chi connectivity index (χ0v) is 17.5. The van der Waals surface area contributed by atoms with Gasteiger partial charge in [0.2, 0.25) is 5.91 Å². The van der Waals surface area contributed by atoms with Gasteiger partial charge in [0.15, 0.2) is 0 Å². The molecule has 30 heavy (non-hydrogen) atoms. The van der Waals surface area contributed by atoms with Crippen molar-refractivity contribution in [3.63, 3.8) is 0 Å². The molecule has 1 aliphatic rings. The number of rotatable bonds is 5. The normalized spacial score (nSPS) is 19.9. The first-order valence-electron chi connectivity index (χ1n) is 10.5. The molecule has 0 radical (unpaired) electrons. The van der Waals surface area contributed by atoms with Crippen LogP contribution in [0.3, 0.4) is 0 Å². The number of ether oxygens (including phenoxy) is 1. The Labute approximate surface area is 178 Å². The van der Waals surface area contributed by atoms with E-state index in [4.69, 9.17) is 4.74 Å². The number of fused-ring (bicyclic) bond motifs is 1. The third kappa shape index (κ3) is 4.96. The lowest BCUT2D eigenvalue weighted by atomic mass is 10.0. The van der Waals surface area contributed by atoms with E-state index < -0.39 is 0 Å². The molecule has 2 atom stereocenters. The molecule has 1 amide bonds. The van der Waals surface area contributed by atoms with Crippen LogP contribution in [0.4, 0.5) is 5.69 Å². The minimum Gasteiger partial charge on any atom is -0.373 e. The topological polar surface area (TPSA) is 41.6 Å². The van der Waals surface area contributed by atoms with Crippen LogP contribution in [0.5, 0.6) is 0 Å². The van der Waals surface area contributed by atoms with Crippen molar-refractivity contribution in [2.45, 2.75) is 32.6 Å². The van der Waals surface area contributed by atoms with Gasteiger partial charge in [-0.15, -0.1) is 0 Å². The summed E-state index contributed by atoms with van der Waals surface area (Å²) >= 11 is 0. The van der Waals surface area contributed by atoms with Crippen LogP contribution in [-0.4, -0.2) is 36.1 Å². The Morgan fingerprint density at radius 3 is 2.53 bits per heavy atom. The van der Waals surface area contributed by atoms with Crippen molar-refractivity contribution in [1.82, 2.24) is 4.90 Å². The molecule has 3 aromatic rings. The van der Waals surface area contributed by atoms with Gasteiger partial charge in [0.1, 0.15) is 0 Å². The highest BCUT2D eigenvalue weighted by Gasteiger charge is 2.22. The zero-order chi connectivity index (χ0) is 20.9. The van der Waals surface area contributed by atoms with Crippen LogP contribution in [0.2, 0.25) is 0 Å². The van der Waals surface area contributed by atoms with Gasteiger partial charge in [-0.05, 0) is 47.9 Å². The summed E-state index contributed by atoms with van der Waals surface area (Å²) in [4.78, 5) is 15.0. The monoisotopic (exact) mass is 400 g/mol. The van der Waals surface area contributed by atoms with Crippen molar-refractivity contribution in [3.05, 3.63) is 83.9 Å². The second kappa shape index (κ2) is 9.24. The molecule has 1 aliphatic heterocycles. The summed E-state index contributed by atoms with van der Waals surface area (Å²) in [6.45, 7) is 6.80. The molecule has 4 nitrogen and oxygen atoms in total. The van der Waals surface area contributed by atoms with Gasteiger partial charge in [-0.1, -0.05) is 60.7 Å². The second-order valence-electron chi connectivity index (χ2n) is 8.00. The molecule has 1 N–H and O–H groups in total. The maximum absolute atomic E-state index is 12.6. The first-order chi connectivity index (χ1) is 14.6. The fourth-order valence-corrected chi connectivity index (χ4v) is 4.17. The minimum absolute atomic E-state index is 0.126. The summed E-state index contributed by atoms with van der Waals surface area (Å²) in [7, 11) is 0. The van der Waals surface area contributed by atoms with Crippen LogP contribution in [0.15, 0.2) is 72.8 Å². The molecular weight excluding hydrogens is 372 g/mol. The van der Waals surface area contributed by atoms with Crippen molar-refractivity contribution in [3.8, 4) is 0 Å². The lowest BCUT2D eigenvalue weighted by molar-refractivity contribution is -0.111. The molecule has 0 saturated carbocycles. The van der Waals surface area contributed by atoms with E-state index in [9.17, 15) is 4.79 Å². The average molecular weight is 401 g/mol. The van der Waals surface area contributed by atoms with Gasteiger partial charge in [-0.25, -0.2) is 0 Å². The number of carbonyl (C=O) groups excluding carboxylic acids is 1. The largest absolute Gasteiger partial charge is 0.373 e. The standard InChI is InChI=1S/C26H28N2O2/c1-19-16-28(17-20(2)30-19)18-23-9-4-6-13-25(23)27-26(29)15-14-22-11-7-10-21-8-3-5-12-24(21)22/h3-15,19-20H,16-18H2,1-2H3,(H,27,29). The van der Waals surface area contributed by atoms with E-state index in [0.29, 0.717) is 0 Å². The van der Waals surface area contributed by atoms with Crippen molar-refractivity contribution in [2.24, 2.45) is 0 Å². The fraction of sp³-hybridized carbons (Fsp3) is 0.269. The third-order valence-corrected chi connectivity index (χ3v) is 5.40. The Morgan fingerprint density at radius 1 is 1.00 bits per heavy atom. The minimum atomic E-state index is -0.126. The quantitative estimate of drug-likeness (QED) is 0.606. The maximum Gasteiger partial charge on any atom is 0.248 e. The Morgan fingerprint density at radius 2 is 1.70 bits per heavy atom. The van der Waals surface area contributed by atoms with E-state index in [2.05, 4.69) is 48.3 Å². The first-order valence-corrected chi connectivity index (χ1v) is 10.5. The van der Waals surface area contributed by atoms with Gasteiger partial charge < -0.3 is 10.1 Å². The van der Waals surface area contributed by atoms with E-state index in [0.717, 1.165) is 41.8 Å².